The van der Waals surface area contributed by atoms with Gasteiger partial charge in [-0.2, -0.15) is 9.57 Å². The Kier molecular flexibility index (Phi) is 4.90. The molecule has 0 saturated carbocycles. The number of ether oxygens (including phenoxy) is 1. The van der Waals surface area contributed by atoms with Gasteiger partial charge in [0.25, 0.3) is 0 Å². The topological polar surface area (TPSA) is 87.5 Å². The van der Waals surface area contributed by atoms with Gasteiger partial charge in [-0.1, -0.05) is 6.42 Å². The van der Waals surface area contributed by atoms with Gasteiger partial charge in [-0.3, -0.25) is 4.79 Å². The first-order valence-corrected chi connectivity index (χ1v) is 7.05. The van der Waals surface area contributed by atoms with E-state index in [4.69, 9.17) is 5.26 Å². The number of carbonyl (C=O) groups excluding carboxylic acids is 1. The molecule has 1 atom stereocenters. The largest absolute Gasteiger partial charge is 0.469 e. The number of piperidine rings is 1. The summed E-state index contributed by atoms with van der Waals surface area (Å²) in [5.41, 5.74) is 0. The minimum atomic E-state index is -3.57. The van der Waals surface area contributed by atoms with E-state index in [0.29, 0.717) is 13.0 Å². The van der Waals surface area contributed by atoms with Gasteiger partial charge in [0, 0.05) is 12.6 Å². The molecule has 0 bridgehead atoms. The van der Waals surface area contributed by atoms with Crippen LogP contribution < -0.4 is 0 Å². The van der Waals surface area contributed by atoms with Crippen LogP contribution in [0.15, 0.2) is 0 Å². The zero-order valence-electron chi connectivity index (χ0n) is 9.76. The number of esters is 1. The van der Waals surface area contributed by atoms with Gasteiger partial charge in [-0.05, 0) is 12.8 Å². The zero-order valence-corrected chi connectivity index (χ0v) is 10.6. The van der Waals surface area contributed by atoms with Crippen LogP contribution in [0, 0.1) is 11.3 Å². The van der Waals surface area contributed by atoms with Crippen LogP contribution in [0.4, 0.5) is 0 Å². The monoisotopic (exact) mass is 260 g/mol. The molecular formula is C10H16N2O4S. The molecule has 0 radical (unpaired) electrons. The molecule has 1 rings (SSSR count). The summed E-state index contributed by atoms with van der Waals surface area (Å²) in [6, 6.07) is 1.28. The summed E-state index contributed by atoms with van der Waals surface area (Å²) < 4.78 is 29.5. The number of nitriles is 1. The van der Waals surface area contributed by atoms with Gasteiger partial charge in [0.1, 0.15) is 0 Å². The average Bonchev–Trinajstić information content (AvgIpc) is 2.29. The minimum Gasteiger partial charge on any atom is -0.469 e. The average molecular weight is 260 g/mol. The van der Waals surface area contributed by atoms with E-state index in [1.54, 1.807) is 6.07 Å². The summed E-state index contributed by atoms with van der Waals surface area (Å²) >= 11 is 0. The highest BCUT2D eigenvalue weighted by Crippen LogP contribution is 2.23. The molecule has 0 amide bonds. The molecule has 17 heavy (non-hydrogen) atoms. The third-order valence-electron chi connectivity index (χ3n) is 2.81. The summed E-state index contributed by atoms with van der Waals surface area (Å²) in [6.07, 6.45) is 2.35. The fraction of sp³-hybridized carbons (Fsp3) is 0.800. The Morgan fingerprint density at radius 3 is 2.82 bits per heavy atom. The van der Waals surface area contributed by atoms with Crippen molar-refractivity contribution in [3.8, 4) is 6.07 Å². The summed E-state index contributed by atoms with van der Waals surface area (Å²) in [5, 5.41) is 8.50. The van der Waals surface area contributed by atoms with Gasteiger partial charge in [0.2, 0.25) is 10.0 Å². The lowest BCUT2D eigenvalue weighted by molar-refractivity contribution is -0.141. The van der Waals surface area contributed by atoms with Crippen molar-refractivity contribution < 1.29 is 17.9 Å². The van der Waals surface area contributed by atoms with Gasteiger partial charge in [0.05, 0.1) is 19.6 Å². The second kappa shape index (κ2) is 5.98. The van der Waals surface area contributed by atoms with Crippen LogP contribution in [0.3, 0.4) is 0 Å². The molecule has 1 unspecified atom stereocenters. The first kappa shape index (κ1) is 13.9. The molecule has 0 N–H and O–H groups in total. The maximum Gasteiger partial charge on any atom is 0.307 e. The molecule has 0 aromatic heterocycles. The first-order chi connectivity index (χ1) is 8.01. The van der Waals surface area contributed by atoms with Crippen LogP contribution in [-0.2, 0) is 19.6 Å². The zero-order chi connectivity index (χ0) is 12.9. The number of rotatable bonds is 4. The summed E-state index contributed by atoms with van der Waals surface area (Å²) in [5.74, 6) is -0.959. The van der Waals surface area contributed by atoms with Crippen molar-refractivity contribution in [3.05, 3.63) is 0 Å². The molecule has 96 valence electrons. The van der Waals surface area contributed by atoms with Crippen LogP contribution in [-0.4, -0.2) is 44.1 Å². The molecule has 1 fully saturated rings. The third-order valence-corrected chi connectivity index (χ3v) is 4.50. The second-order valence-corrected chi connectivity index (χ2v) is 5.88. The van der Waals surface area contributed by atoms with E-state index in [1.807, 2.05) is 0 Å². The Labute approximate surface area is 101 Å². The highest BCUT2D eigenvalue weighted by Gasteiger charge is 2.33. The predicted octanol–water partition coefficient (Wildman–Crippen LogP) is 0.257. The number of hydrogen-bond donors (Lipinski definition) is 0. The Morgan fingerprint density at radius 2 is 2.24 bits per heavy atom. The third kappa shape index (κ3) is 3.68. The maximum atomic E-state index is 11.8. The molecule has 0 spiro atoms. The minimum absolute atomic E-state index is 0.0567. The van der Waals surface area contributed by atoms with Crippen LogP contribution in [0.1, 0.15) is 25.7 Å². The molecule has 0 aromatic rings. The predicted molar refractivity (Wildman–Crippen MR) is 60.4 cm³/mol. The van der Waals surface area contributed by atoms with Crippen LogP contribution in [0.25, 0.3) is 0 Å². The highest BCUT2D eigenvalue weighted by molar-refractivity contribution is 7.89. The molecule has 6 nitrogen and oxygen atoms in total. The van der Waals surface area contributed by atoms with E-state index < -0.39 is 21.7 Å². The SMILES string of the molecule is COC(=O)CC1CCCCN1S(=O)(=O)CC#N. The van der Waals surface area contributed by atoms with Gasteiger partial charge in [-0.15, -0.1) is 0 Å². The van der Waals surface area contributed by atoms with Crippen LogP contribution in [0.5, 0.6) is 0 Å². The molecule has 0 aromatic carbocycles. The molecule has 0 aliphatic carbocycles. The number of sulfonamides is 1. The van der Waals surface area contributed by atoms with E-state index in [2.05, 4.69) is 4.74 Å². The number of hydrogen-bond acceptors (Lipinski definition) is 5. The van der Waals surface area contributed by atoms with Gasteiger partial charge in [0.15, 0.2) is 5.75 Å². The van der Waals surface area contributed by atoms with Crippen molar-refractivity contribution >= 4 is 16.0 Å². The first-order valence-electron chi connectivity index (χ1n) is 5.44. The highest BCUT2D eigenvalue weighted by atomic mass is 32.2. The Bertz CT molecular complexity index is 413. The molecule has 1 heterocycles. The van der Waals surface area contributed by atoms with Crippen LogP contribution in [0.2, 0.25) is 0 Å². The van der Waals surface area contributed by atoms with E-state index in [-0.39, 0.29) is 12.5 Å². The fourth-order valence-corrected chi connectivity index (χ4v) is 3.35. The lowest BCUT2D eigenvalue weighted by Crippen LogP contribution is -2.45. The van der Waals surface area contributed by atoms with E-state index in [1.165, 1.54) is 11.4 Å². The van der Waals surface area contributed by atoms with Crippen molar-refractivity contribution in [3.63, 3.8) is 0 Å². The van der Waals surface area contributed by atoms with Crippen molar-refractivity contribution in [2.24, 2.45) is 0 Å². The standard InChI is InChI=1S/C10H16N2O4S/c1-16-10(13)8-9-4-2-3-6-12(9)17(14,15)7-5-11/h9H,2-4,6-8H2,1H3. The number of nitrogens with zero attached hydrogens (tertiary/aromatic N) is 2. The second-order valence-electron chi connectivity index (χ2n) is 3.95. The molecule has 1 aliphatic rings. The number of carbonyl (C=O) groups is 1. The van der Waals surface area contributed by atoms with E-state index in [0.717, 1.165) is 12.8 Å². The maximum absolute atomic E-state index is 11.8. The van der Waals surface area contributed by atoms with Gasteiger partial charge in [-0.25, -0.2) is 8.42 Å². The van der Waals surface area contributed by atoms with E-state index >= 15 is 0 Å². The van der Waals surface area contributed by atoms with E-state index in [9.17, 15) is 13.2 Å². The molecular weight excluding hydrogens is 244 g/mol. The lowest BCUT2D eigenvalue weighted by Gasteiger charge is -2.33. The smallest absolute Gasteiger partial charge is 0.307 e. The van der Waals surface area contributed by atoms with Gasteiger partial charge >= 0.3 is 5.97 Å². The van der Waals surface area contributed by atoms with Crippen molar-refractivity contribution in [2.45, 2.75) is 31.7 Å². The quantitative estimate of drug-likeness (QED) is 0.676. The van der Waals surface area contributed by atoms with Crippen LogP contribution >= 0.6 is 0 Å². The Morgan fingerprint density at radius 1 is 1.53 bits per heavy atom. The van der Waals surface area contributed by atoms with Crippen molar-refractivity contribution in [2.75, 3.05) is 19.4 Å². The Balaban J connectivity index is 2.80. The summed E-state index contributed by atoms with van der Waals surface area (Å²) in [7, 11) is -2.29. The molecule has 7 heteroatoms. The normalized spacial score (nSPS) is 21.8. The lowest BCUT2D eigenvalue weighted by atomic mass is 10.0. The summed E-state index contributed by atoms with van der Waals surface area (Å²) in [4.78, 5) is 11.2. The van der Waals surface area contributed by atoms with Crippen molar-refractivity contribution in [1.82, 2.24) is 4.31 Å². The summed E-state index contributed by atoms with van der Waals surface area (Å²) in [6.45, 7) is 0.381. The van der Waals surface area contributed by atoms with Crippen molar-refractivity contribution in [1.29, 1.82) is 5.26 Å². The molecule has 1 saturated heterocycles. The number of methoxy groups -OCH3 is 1. The Hall–Kier alpha value is -1.13. The van der Waals surface area contributed by atoms with Gasteiger partial charge < -0.3 is 4.74 Å². The fourth-order valence-electron chi connectivity index (χ4n) is 1.98. The molecule has 1 aliphatic heterocycles.